The van der Waals surface area contributed by atoms with Gasteiger partial charge in [-0.25, -0.2) is 13.2 Å². The Labute approximate surface area is 125 Å². The summed E-state index contributed by atoms with van der Waals surface area (Å²) in [5, 5.41) is 12.7. The molecule has 0 aromatic carbocycles. The van der Waals surface area contributed by atoms with Crippen molar-refractivity contribution in [1.82, 2.24) is 9.46 Å². The molecular formula is C12H14N2O5S2. The standard InChI is InChI=1S/C12H14N2O5S2/c1-7-4-9(13-19-7)6-14(3)21(17,18)11-5-10(12(15)16)20-8(11)2/h4-5H,6H2,1-3H3,(H,15,16). The van der Waals surface area contributed by atoms with Crippen molar-refractivity contribution in [2.24, 2.45) is 0 Å². The minimum absolute atomic E-state index is 0.00300. The van der Waals surface area contributed by atoms with Crippen LogP contribution in [0.4, 0.5) is 0 Å². The average Bonchev–Trinajstić information content (AvgIpc) is 2.96. The van der Waals surface area contributed by atoms with Crippen LogP contribution in [0.5, 0.6) is 0 Å². The molecule has 7 nitrogen and oxygen atoms in total. The molecule has 2 rings (SSSR count). The molecule has 2 aromatic rings. The normalized spacial score (nSPS) is 12.0. The first-order valence-corrected chi connectivity index (χ1v) is 8.19. The van der Waals surface area contributed by atoms with E-state index >= 15 is 0 Å². The van der Waals surface area contributed by atoms with Crippen LogP contribution >= 0.6 is 11.3 Å². The molecule has 1 N–H and O–H groups in total. The Hall–Kier alpha value is -1.71. The Bertz CT molecular complexity index is 775. The van der Waals surface area contributed by atoms with Crippen LogP contribution in [-0.2, 0) is 16.6 Å². The second-order valence-electron chi connectivity index (χ2n) is 4.53. The van der Waals surface area contributed by atoms with Crippen molar-refractivity contribution >= 4 is 27.3 Å². The molecular weight excluding hydrogens is 316 g/mol. The summed E-state index contributed by atoms with van der Waals surface area (Å²) in [6, 6.07) is 2.83. The van der Waals surface area contributed by atoms with E-state index < -0.39 is 16.0 Å². The molecule has 21 heavy (non-hydrogen) atoms. The molecule has 0 spiro atoms. The average molecular weight is 330 g/mol. The first-order valence-electron chi connectivity index (χ1n) is 5.94. The van der Waals surface area contributed by atoms with Crippen molar-refractivity contribution in [2.45, 2.75) is 25.3 Å². The predicted octanol–water partition coefficient (Wildman–Crippen LogP) is 1.87. The SMILES string of the molecule is Cc1cc(CN(C)S(=O)(=O)c2cc(C(=O)O)sc2C)no1. The summed E-state index contributed by atoms with van der Waals surface area (Å²) in [4.78, 5) is 11.4. The van der Waals surface area contributed by atoms with Gasteiger partial charge in [0.25, 0.3) is 0 Å². The molecule has 0 saturated carbocycles. The molecule has 0 atom stereocenters. The number of rotatable bonds is 5. The lowest BCUT2D eigenvalue weighted by Gasteiger charge is -2.15. The Morgan fingerprint density at radius 3 is 2.57 bits per heavy atom. The molecule has 0 radical (unpaired) electrons. The van der Waals surface area contributed by atoms with Crippen LogP contribution in [0.25, 0.3) is 0 Å². The Morgan fingerprint density at radius 1 is 1.43 bits per heavy atom. The van der Waals surface area contributed by atoms with Gasteiger partial charge in [0.15, 0.2) is 0 Å². The molecule has 0 bridgehead atoms. The third-order valence-corrected chi connectivity index (χ3v) is 5.93. The Kier molecular flexibility index (Phi) is 4.17. The second kappa shape index (κ2) is 5.58. The second-order valence-corrected chi connectivity index (χ2v) is 7.80. The molecule has 0 amide bonds. The summed E-state index contributed by atoms with van der Waals surface area (Å²) < 4.78 is 31.0. The highest BCUT2D eigenvalue weighted by atomic mass is 32.2. The molecule has 0 aliphatic heterocycles. The van der Waals surface area contributed by atoms with E-state index in [1.807, 2.05) is 0 Å². The van der Waals surface area contributed by atoms with Crippen LogP contribution in [0.1, 0.15) is 26.0 Å². The lowest BCUT2D eigenvalue weighted by molar-refractivity contribution is 0.0702. The molecule has 2 heterocycles. The monoisotopic (exact) mass is 330 g/mol. The molecule has 2 aromatic heterocycles. The zero-order valence-electron chi connectivity index (χ0n) is 11.7. The molecule has 0 saturated heterocycles. The van der Waals surface area contributed by atoms with E-state index in [0.717, 1.165) is 15.6 Å². The van der Waals surface area contributed by atoms with Crippen molar-refractivity contribution in [3.8, 4) is 0 Å². The number of aromatic carboxylic acids is 1. The first-order chi connectivity index (χ1) is 9.71. The van der Waals surface area contributed by atoms with Crippen molar-refractivity contribution in [1.29, 1.82) is 0 Å². The highest BCUT2D eigenvalue weighted by Gasteiger charge is 2.27. The summed E-state index contributed by atoms with van der Waals surface area (Å²) in [6.45, 7) is 3.35. The fourth-order valence-corrected chi connectivity index (χ4v) is 4.34. The number of carboxylic acid groups (broad SMARTS) is 1. The summed E-state index contributed by atoms with van der Waals surface area (Å²) in [7, 11) is -2.36. The van der Waals surface area contributed by atoms with Crippen molar-refractivity contribution in [3.05, 3.63) is 33.3 Å². The number of aryl methyl sites for hydroxylation is 2. The maximum atomic E-state index is 12.5. The van der Waals surface area contributed by atoms with E-state index in [2.05, 4.69) is 5.16 Å². The zero-order valence-corrected chi connectivity index (χ0v) is 13.3. The largest absolute Gasteiger partial charge is 0.477 e. The van der Waals surface area contributed by atoms with Crippen molar-refractivity contribution in [3.63, 3.8) is 0 Å². The smallest absolute Gasteiger partial charge is 0.345 e. The maximum absolute atomic E-state index is 12.5. The number of hydrogen-bond acceptors (Lipinski definition) is 6. The number of carbonyl (C=O) groups is 1. The number of carboxylic acids is 1. The lowest BCUT2D eigenvalue weighted by Crippen LogP contribution is -2.26. The van der Waals surface area contributed by atoms with Gasteiger partial charge in [-0.2, -0.15) is 4.31 Å². The number of thiophene rings is 1. The Balaban J connectivity index is 2.30. The van der Waals surface area contributed by atoms with Crippen molar-refractivity contribution in [2.75, 3.05) is 7.05 Å². The first kappa shape index (κ1) is 15.7. The fraction of sp³-hybridized carbons (Fsp3) is 0.333. The third kappa shape index (κ3) is 3.14. The molecule has 9 heteroatoms. The molecule has 0 aliphatic carbocycles. The van der Waals surface area contributed by atoms with Gasteiger partial charge in [-0.3, -0.25) is 0 Å². The van der Waals surface area contributed by atoms with Crippen LogP contribution in [0.15, 0.2) is 21.6 Å². The summed E-state index contributed by atoms with van der Waals surface area (Å²) in [5.41, 5.74) is 0.491. The topological polar surface area (TPSA) is 101 Å². The van der Waals surface area contributed by atoms with Gasteiger partial charge in [-0.1, -0.05) is 5.16 Å². The molecule has 114 valence electrons. The van der Waals surface area contributed by atoms with Gasteiger partial charge in [-0.05, 0) is 19.9 Å². The highest BCUT2D eigenvalue weighted by molar-refractivity contribution is 7.89. The lowest BCUT2D eigenvalue weighted by atomic mass is 10.4. The van der Waals surface area contributed by atoms with Crippen LogP contribution in [-0.4, -0.2) is 36.0 Å². The van der Waals surface area contributed by atoms with Gasteiger partial charge in [0, 0.05) is 18.0 Å². The third-order valence-electron chi connectivity index (χ3n) is 2.83. The number of sulfonamides is 1. The summed E-state index contributed by atoms with van der Waals surface area (Å²) in [5.74, 6) is -0.546. The van der Waals surface area contributed by atoms with E-state index in [-0.39, 0.29) is 16.3 Å². The van der Waals surface area contributed by atoms with Gasteiger partial charge in [0.2, 0.25) is 10.0 Å². The van der Waals surface area contributed by atoms with E-state index in [9.17, 15) is 13.2 Å². The van der Waals surface area contributed by atoms with E-state index in [0.29, 0.717) is 16.3 Å². The molecule has 0 aliphatic rings. The van der Waals surface area contributed by atoms with Gasteiger partial charge in [0.1, 0.15) is 10.6 Å². The summed E-state index contributed by atoms with van der Waals surface area (Å²) in [6.07, 6.45) is 0. The van der Waals surface area contributed by atoms with Gasteiger partial charge < -0.3 is 9.63 Å². The minimum atomic E-state index is -3.77. The number of aromatic nitrogens is 1. The number of nitrogens with zero attached hydrogens (tertiary/aromatic N) is 2. The van der Waals surface area contributed by atoms with Crippen LogP contribution in [0.2, 0.25) is 0 Å². The molecule has 0 unspecified atom stereocenters. The van der Waals surface area contributed by atoms with E-state index in [4.69, 9.17) is 9.63 Å². The maximum Gasteiger partial charge on any atom is 0.345 e. The minimum Gasteiger partial charge on any atom is -0.477 e. The molecule has 0 fully saturated rings. The quantitative estimate of drug-likeness (QED) is 0.898. The predicted molar refractivity (Wildman–Crippen MR) is 75.9 cm³/mol. The number of hydrogen-bond donors (Lipinski definition) is 1. The fourth-order valence-electron chi connectivity index (χ4n) is 1.80. The highest BCUT2D eigenvalue weighted by Crippen LogP contribution is 2.28. The van der Waals surface area contributed by atoms with Crippen LogP contribution in [0, 0.1) is 13.8 Å². The van der Waals surface area contributed by atoms with Crippen molar-refractivity contribution < 1.29 is 22.8 Å². The zero-order chi connectivity index (χ0) is 15.8. The Morgan fingerprint density at radius 2 is 2.10 bits per heavy atom. The van der Waals surface area contributed by atoms with Crippen LogP contribution < -0.4 is 0 Å². The van der Waals surface area contributed by atoms with Crippen LogP contribution in [0.3, 0.4) is 0 Å². The van der Waals surface area contributed by atoms with E-state index in [1.54, 1.807) is 19.9 Å². The summed E-state index contributed by atoms with van der Waals surface area (Å²) >= 11 is 0.938. The van der Waals surface area contributed by atoms with Gasteiger partial charge >= 0.3 is 5.97 Å². The van der Waals surface area contributed by atoms with E-state index in [1.165, 1.54) is 13.1 Å². The van der Waals surface area contributed by atoms with Gasteiger partial charge in [-0.15, -0.1) is 11.3 Å². The van der Waals surface area contributed by atoms with Gasteiger partial charge in [0.05, 0.1) is 17.1 Å².